The van der Waals surface area contributed by atoms with Crippen LogP contribution >= 0.6 is 0 Å². The molecule has 2 heterocycles. The summed E-state index contributed by atoms with van der Waals surface area (Å²) in [6.45, 7) is 9.71. The molecule has 0 aliphatic rings. The first-order chi connectivity index (χ1) is 15.9. The standard InChI is InChI=1S/C29H29N3O/c1-19-10-12-21(3)24(14-19)17-32-26-13-11-20(2)15-25(26)27-28(32)29(33)31(18-30-27)16-22(4)23-8-6-5-7-9-23/h5-15,18,22H,16-17H2,1-4H3/t22-/m0/s1. The number of benzene rings is 3. The summed E-state index contributed by atoms with van der Waals surface area (Å²) in [4.78, 5) is 18.6. The zero-order valence-electron chi connectivity index (χ0n) is 19.7. The number of fused-ring (bicyclic) bond motifs is 3. The van der Waals surface area contributed by atoms with Crippen molar-refractivity contribution in [2.45, 2.75) is 46.7 Å². The minimum atomic E-state index is 0.0157. The van der Waals surface area contributed by atoms with Crippen LogP contribution in [-0.2, 0) is 13.1 Å². The van der Waals surface area contributed by atoms with Gasteiger partial charge in [0.1, 0.15) is 11.0 Å². The Bertz CT molecular complexity index is 1530. The van der Waals surface area contributed by atoms with E-state index >= 15 is 0 Å². The van der Waals surface area contributed by atoms with Crippen molar-refractivity contribution < 1.29 is 0 Å². The first-order valence-electron chi connectivity index (χ1n) is 11.5. The first kappa shape index (κ1) is 21.2. The summed E-state index contributed by atoms with van der Waals surface area (Å²) in [7, 11) is 0. The van der Waals surface area contributed by atoms with Gasteiger partial charge in [-0.2, -0.15) is 0 Å². The Hall–Kier alpha value is -3.66. The number of nitrogens with zero attached hydrogens (tertiary/aromatic N) is 3. The van der Waals surface area contributed by atoms with E-state index in [2.05, 4.69) is 80.8 Å². The predicted molar refractivity (Wildman–Crippen MR) is 136 cm³/mol. The molecule has 1 atom stereocenters. The Morgan fingerprint density at radius 1 is 0.909 bits per heavy atom. The van der Waals surface area contributed by atoms with Crippen LogP contribution in [0.5, 0.6) is 0 Å². The molecule has 0 amide bonds. The van der Waals surface area contributed by atoms with Crippen molar-refractivity contribution in [3.8, 4) is 0 Å². The molecule has 0 spiro atoms. The molecule has 33 heavy (non-hydrogen) atoms. The van der Waals surface area contributed by atoms with Crippen LogP contribution in [0.15, 0.2) is 77.9 Å². The zero-order valence-corrected chi connectivity index (χ0v) is 19.7. The van der Waals surface area contributed by atoms with Gasteiger partial charge in [0, 0.05) is 18.5 Å². The molecule has 3 aromatic carbocycles. The number of hydrogen-bond acceptors (Lipinski definition) is 2. The Kier molecular flexibility index (Phi) is 5.37. The van der Waals surface area contributed by atoms with E-state index in [-0.39, 0.29) is 11.5 Å². The Balaban J connectivity index is 1.69. The lowest BCUT2D eigenvalue weighted by molar-refractivity contribution is 0.575. The van der Waals surface area contributed by atoms with Gasteiger partial charge in [-0.3, -0.25) is 9.36 Å². The number of aryl methyl sites for hydroxylation is 3. The topological polar surface area (TPSA) is 39.8 Å². The number of rotatable bonds is 5. The fraction of sp³-hybridized carbons (Fsp3) is 0.241. The Morgan fingerprint density at radius 2 is 1.64 bits per heavy atom. The first-order valence-corrected chi connectivity index (χ1v) is 11.5. The fourth-order valence-electron chi connectivity index (χ4n) is 4.73. The van der Waals surface area contributed by atoms with Crippen LogP contribution < -0.4 is 5.56 Å². The highest BCUT2D eigenvalue weighted by atomic mass is 16.1. The lowest BCUT2D eigenvalue weighted by Crippen LogP contribution is -2.24. The molecular formula is C29H29N3O. The van der Waals surface area contributed by atoms with E-state index in [0.717, 1.165) is 22.0 Å². The third-order valence-electron chi connectivity index (χ3n) is 6.65. The average molecular weight is 436 g/mol. The van der Waals surface area contributed by atoms with Crippen molar-refractivity contribution in [3.63, 3.8) is 0 Å². The number of hydrogen-bond donors (Lipinski definition) is 0. The van der Waals surface area contributed by atoms with E-state index in [1.54, 1.807) is 10.9 Å². The summed E-state index contributed by atoms with van der Waals surface area (Å²) < 4.78 is 3.93. The second-order valence-electron chi connectivity index (χ2n) is 9.25. The maximum Gasteiger partial charge on any atom is 0.277 e. The smallest absolute Gasteiger partial charge is 0.277 e. The lowest BCUT2D eigenvalue weighted by atomic mass is 10.0. The quantitative estimate of drug-likeness (QED) is 0.333. The molecule has 0 N–H and O–H groups in total. The van der Waals surface area contributed by atoms with Crippen molar-refractivity contribution >= 4 is 21.9 Å². The second-order valence-corrected chi connectivity index (χ2v) is 9.25. The minimum absolute atomic E-state index is 0.0157. The van der Waals surface area contributed by atoms with Crippen molar-refractivity contribution in [1.29, 1.82) is 0 Å². The minimum Gasteiger partial charge on any atom is -0.330 e. The van der Waals surface area contributed by atoms with Gasteiger partial charge in [0.25, 0.3) is 5.56 Å². The molecule has 4 nitrogen and oxygen atoms in total. The van der Waals surface area contributed by atoms with Crippen LogP contribution in [0.3, 0.4) is 0 Å². The molecule has 5 aromatic rings. The number of aromatic nitrogens is 3. The van der Waals surface area contributed by atoms with Crippen molar-refractivity contribution in [1.82, 2.24) is 14.1 Å². The van der Waals surface area contributed by atoms with Crippen LogP contribution in [0.1, 0.15) is 40.7 Å². The summed E-state index contributed by atoms with van der Waals surface area (Å²) in [5, 5.41) is 1.04. The molecule has 5 rings (SSSR count). The zero-order chi connectivity index (χ0) is 23.1. The molecule has 0 saturated carbocycles. The second kappa shape index (κ2) is 8.36. The lowest BCUT2D eigenvalue weighted by Gasteiger charge is -2.15. The van der Waals surface area contributed by atoms with Crippen molar-refractivity contribution in [2.24, 2.45) is 0 Å². The summed E-state index contributed by atoms with van der Waals surface area (Å²) in [6.07, 6.45) is 1.72. The molecule has 0 bridgehead atoms. The monoisotopic (exact) mass is 435 g/mol. The normalized spacial score (nSPS) is 12.5. The fourth-order valence-corrected chi connectivity index (χ4v) is 4.73. The van der Waals surface area contributed by atoms with E-state index in [1.165, 1.54) is 22.3 Å². The third kappa shape index (κ3) is 3.86. The maximum absolute atomic E-state index is 13.8. The van der Waals surface area contributed by atoms with Crippen LogP contribution in [0.4, 0.5) is 0 Å². The SMILES string of the molecule is Cc1ccc(C)c(Cn2c3ccc(C)cc3c3ncn(C[C@H](C)c4ccccc4)c(=O)c32)c1. The molecule has 0 unspecified atom stereocenters. The van der Waals surface area contributed by atoms with Gasteiger partial charge < -0.3 is 4.57 Å². The van der Waals surface area contributed by atoms with Gasteiger partial charge in [0.2, 0.25) is 0 Å². The van der Waals surface area contributed by atoms with E-state index in [1.807, 2.05) is 18.2 Å². The van der Waals surface area contributed by atoms with Gasteiger partial charge >= 0.3 is 0 Å². The van der Waals surface area contributed by atoms with Crippen LogP contribution in [0.2, 0.25) is 0 Å². The Morgan fingerprint density at radius 3 is 2.42 bits per heavy atom. The van der Waals surface area contributed by atoms with Crippen LogP contribution in [0.25, 0.3) is 21.9 Å². The summed E-state index contributed by atoms with van der Waals surface area (Å²) in [6, 6.07) is 23.2. The highest BCUT2D eigenvalue weighted by molar-refractivity contribution is 6.05. The molecule has 0 saturated heterocycles. The Labute approximate surface area is 194 Å². The van der Waals surface area contributed by atoms with E-state index < -0.39 is 0 Å². The maximum atomic E-state index is 13.8. The van der Waals surface area contributed by atoms with Crippen LogP contribution in [0, 0.1) is 20.8 Å². The van der Waals surface area contributed by atoms with Crippen LogP contribution in [-0.4, -0.2) is 14.1 Å². The highest BCUT2D eigenvalue weighted by Gasteiger charge is 2.18. The van der Waals surface area contributed by atoms with Crippen molar-refractivity contribution in [2.75, 3.05) is 0 Å². The molecule has 4 heteroatoms. The van der Waals surface area contributed by atoms with E-state index in [4.69, 9.17) is 4.98 Å². The molecule has 0 aliphatic heterocycles. The molecule has 166 valence electrons. The van der Waals surface area contributed by atoms with Gasteiger partial charge in [-0.05, 0) is 55.5 Å². The van der Waals surface area contributed by atoms with Gasteiger partial charge in [0.15, 0.2) is 0 Å². The van der Waals surface area contributed by atoms with E-state index in [0.29, 0.717) is 18.6 Å². The average Bonchev–Trinajstić information content (AvgIpc) is 3.12. The molecule has 0 fully saturated rings. The third-order valence-corrected chi connectivity index (χ3v) is 6.65. The summed E-state index contributed by atoms with van der Waals surface area (Å²) in [5.41, 5.74) is 8.59. The largest absolute Gasteiger partial charge is 0.330 e. The van der Waals surface area contributed by atoms with E-state index in [9.17, 15) is 4.79 Å². The summed E-state index contributed by atoms with van der Waals surface area (Å²) >= 11 is 0. The van der Waals surface area contributed by atoms with Gasteiger partial charge in [-0.25, -0.2) is 4.98 Å². The van der Waals surface area contributed by atoms with Gasteiger partial charge in [0.05, 0.1) is 11.8 Å². The molecule has 0 aliphatic carbocycles. The molecular weight excluding hydrogens is 406 g/mol. The summed E-state index contributed by atoms with van der Waals surface area (Å²) in [5.74, 6) is 0.210. The molecule has 0 radical (unpaired) electrons. The highest BCUT2D eigenvalue weighted by Crippen LogP contribution is 2.28. The van der Waals surface area contributed by atoms with Gasteiger partial charge in [-0.15, -0.1) is 0 Å². The van der Waals surface area contributed by atoms with Crippen molar-refractivity contribution in [3.05, 3.63) is 111 Å². The van der Waals surface area contributed by atoms with Gasteiger partial charge in [-0.1, -0.05) is 72.6 Å². The predicted octanol–water partition coefficient (Wildman–Crippen LogP) is 6.13. The molecule has 2 aromatic heterocycles.